The molecule has 1 aliphatic carbocycles. The minimum absolute atomic E-state index is 0.00201. The Hall–Kier alpha value is -1.68. The van der Waals surface area contributed by atoms with Gasteiger partial charge in [0, 0.05) is 6.42 Å². The van der Waals surface area contributed by atoms with Crippen LogP contribution in [0.3, 0.4) is 0 Å². The summed E-state index contributed by atoms with van der Waals surface area (Å²) in [5.41, 5.74) is 0.883. The van der Waals surface area contributed by atoms with Gasteiger partial charge in [-0.2, -0.15) is 0 Å². The maximum absolute atomic E-state index is 11.7. The Morgan fingerprint density at radius 2 is 2.11 bits per heavy atom. The van der Waals surface area contributed by atoms with Gasteiger partial charge in [-0.05, 0) is 38.3 Å². The van der Waals surface area contributed by atoms with E-state index in [4.69, 9.17) is 5.11 Å². The third kappa shape index (κ3) is 3.20. The number of carbonyl (C=O) groups excluding carboxylic acids is 1. The average Bonchev–Trinajstić information content (AvgIpc) is 2.34. The fraction of sp³-hybridized carbons (Fsp3) is 0.467. The van der Waals surface area contributed by atoms with E-state index in [1.165, 1.54) is 0 Å². The highest BCUT2D eigenvalue weighted by atomic mass is 16.4. The number of hydrogen-bond acceptors (Lipinski definition) is 3. The summed E-state index contributed by atoms with van der Waals surface area (Å²) in [6, 6.07) is 0. The van der Waals surface area contributed by atoms with Crippen LogP contribution in [0.4, 0.5) is 0 Å². The monoisotopic (exact) mass is 264 g/mol. The first-order valence-corrected chi connectivity index (χ1v) is 6.26. The number of hydrogen-bond donors (Lipinski definition) is 2. The van der Waals surface area contributed by atoms with Crippen LogP contribution in [0.5, 0.6) is 0 Å². The molecule has 0 aromatic heterocycles. The van der Waals surface area contributed by atoms with Crippen LogP contribution in [-0.4, -0.2) is 28.6 Å². The van der Waals surface area contributed by atoms with Crippen LogP contribution in [0.15, 0.2) is 34.9 Å². The molecule has 1 aliphatic rings. The van der Waals surface area contributed by atoms with Crippen LogP contribution in [0.1, 0.15) is 33.6 Å². The van der Waals surface area contributed by atoms with Crippen molar-refractivity contribution < 1.29 is 19.8 Å². The van der Waals surface area contributed by atoms with Crippen molar-refractivity contribution in [3.8, 4) is 0 Å². The number of carbonyl (C=O) groups is 2. The number of carboxylic acid groups (broad SMARTS) is 1. The maximum Gasteiger partial charge on any atom is 0.313 e. The molecule has 19 heavy (non-hydrogen) atoms. The Bertz CT molecular complexity index is 482. The summed E-state index contributed by atoms with van der Waals surface area (Å²) in [5, 5.41) is 18.2. The van der Waals surface area contributed by atoms with Crippen molar-refractivity contribution in [1.29, 1.82) is 0 Å². The summed E-state index contributed by atoms with van der Waals surface area (Å²) < 4.78 is 0. The number of allylic oxidation sites excluding steroid dienone is 4. The van der Waals surface area contributed by atoms with Gasteiger partial charge < -0.3 is 10.2 Å². The Morgan fingerprint density at radius 1 is 1.47 bits per heavy atom. The van der Waals surface area contributed by atoms with Gasteiger partial charge in [-0.1, -0.05) is 23.8 Å². The molecule has 0 amide bonds. The predicted octanol–water partition coefficient (Wildman–Crippen LogP) is 2.25. The molecule has 0 saturated heterocycles. The first-order valence-electron chi connectivity index (χ1n) is 6.26. The highest BCUT2D eigenvalue weighted by Crippen LogP contribution is 2.40. The van der Waals surface area contributed by atoms with E-state index in [0.717, 1.165) is 5.57 Å². The van der Waals surface area contributed by atoms with E-state index < -0.39 is 11.4 Å². The van der Waals surface area contributed by atoms with Gasteiger partial charge in [0.25, 0.3) is 0 Å². The molecule has 4 nitrogen and oxygen atoms in total. The van der Waals surface area contributed by atoms with E-state index in [-0.39, 0.29) is 18.8 Å². The van der Waals surface area contributed by atoms with Crippen LogP contribution in [-0.2, 0) is 9.59 Å². The van der Waals surface area contributed by atoms with Gasteiger partial charge in [-0.25, -0.2) is 0 Å². The molecule has 4 heteroatoms. The van der Waals surface area contributed by atoms with Crippen molar-refractivity contribution in [2.75, 3.05) is 6.61 Å². The van der Waals surface area contributed by atoms with Crippen molar-refractivity contribution in [2.45, 2.75) is 33.6 Å². The molecule has 1 atom stereocenters. The average molecular weight is 264 g/mol. The molecule has 104 valence electrons. The maximum atomic E-state index is 11.7. The van der Waals surface area contributed by atoms with Crippen molar-refractivity contribution in [1.82, 2.24) is 0 Å². The molecule has 0 spiro atoms. The third-order valence-electron chi connectivity index (χ3n) is 3.67. The number of aliphatic hydroxyl groups is 1. The number of aliphatic hydroxyl groups excluding tert-OH is 1. The van der Waals surface area contributed by atoms with E-state index in [1.807, 2.05) is 6.92 Å². The van der Waals surface area contributed by atoms with Crippen LogP contribution in [0, 0.1) is 5.41 Å². The Morgan fingerprint density at radius 3 is 2.63 bits per heavy atom. The summed E-state index contributed by atoms with van der Waals surface area (Å²) in [7, 11) is 0. The minimum Gasteiger partial charge on any atom is -0.481 e. The van der Waals surface area contributed by atoms with Crippen molar-refractivity contribution >= 4 is 11.8 Å². The Labute approximate surface area is 113 Å². The SMILES string of the molecule is CC1=C(/C=C/C(C)=C/CO)[C@@](C)(C(=O)O)CCC1=O. The van der Waals surface area contributed by atoms with E-state index >= 15 is 0 Å². The summed E-state index contributed by atoms with van der Waals surface area (Å²) >= 11 is 0. The lowest BCUT2D eigenvalue weighted by Crippen LogP contribution is -2.34. The molecule has 0 heterocycles. The van der Waals surface area contributed by atoms with Crippen LogP contribution in [0.25, 0.3) is 0 Å². The smallest absolute Gasteiger partial charge is 0.313 e. The second kappa shape index (κ2) is 5.97. The predicted molar refractivity (Wildman–Crippen MR) is 72.7 cm³/mol. The van der Waals surface area contributed by atoms with Gasteiger partial charge in [0.2, 0.25) is 0 Å². The van der Waals surface area contributed by atoms with E-state index in [1.54, 1.807) is 32.1 Å². The minimum atomic E-state index is -1.02. The molecule has 0 aliphatic heterocycles. The number of aliphatic carboxylic acids is 1. The number of rotatable bonds is 4. The highest BCUT2D eigenvalue weighted by Gasteiger charge is 2.41. The zero-order valence-corrected chi connectivity index (χ0v) is 11.6. The van der Waals surface area contributed by atoms with Gasteiger partial charge in [0.15, 0.2) is 5.78 Å². The lowest BCUT2D eigenvalue weighted by Gasteiger charge is -2.31. The highest BCUT2D eigenvalue weighted by molar-refractivity contribution is 6.00. The molecular formula is C15H20O4. The number of carboxylic acids is 1. The third-order valence-corrected chi connectivity index (χ3v) is 3.67. The zero-order valence-electron chi connectivity index (χ0n) is 11.6. The lowest BCUT2D eigenvalue weighted by molar-refractivity contribution is -0.146. The molecule has 2 N–H and O–H groups in total. The second-order valence-electron chi connectivity index (χ2n) is 5.06. The fourth-order valence-corrected chi connectivity index (χ4v) is 2.21. The summed E-state index contributed by atoms with van der Waals surface area (Å²) in [6.07, 6.45) is 5.63. The molecule has 0 radical (unpaired) electrons. The topological polar surface area (TPSA) is 74.6 Å². The molecule has 1 rings (SSSR count). The molecule has 0 bridgehead atoms. The second-order valence-corrected chi connectivity index (χ2v) is 5.06. The van der Waals surface area contributed by atoms with Gasteiger partial charge in [0.05, 0.1) is 12.0 Å². The van der Waals surface area contributed by atoms with E-state index in [9.17, 15) is 14.7 Å². The van der Waals surface area contributed by atoms with Gasteiger partial charge >= 0.3 is 5.97 Å². The Kier molecular flexibility index (Phi) is 4.84. The number of ketones is 1. The first kappa shape index (κ1) is 15.4. The van der Waals surface area contributed by atoms with Gasteiger partial charge in [-0.15, -0.1) is 0 Å². The molecule has 0 aromatic carbocycles. The van der Waals surface area contributed by atoms with E-state index in [2.05, 4.69) is 0 Å². The quantitative estimate of drug-likeness (QED) is 0.764. The van der Waals surface area contributed by atoms with Crippen LogP contribution in [0.2, 0.25) is 0 Å². The Balaban J connectivity index is 3.23. The van der Waals surface area contributed by atoms with Crippen LogP contribution >= 0.6 is 0 Å². The molecule has 0 unspecified atom stereocenters. The van der Waals surface area contributed by atoms with Crippen molar-refractivity contribution in [3.63, 3.8) is 0 Å². The standard InChI is InChI=1S/C15H20O4/c1-10(7-9-16)4-5-12-11(2)13(17)6-8-15(12,3)14(18)19/h4-5,7,16H,6,8-9H2,1-3H3,(H,18,19)/b5-4+,10-7+/t15-/m0/s1. The molecular weight excluding hydrogens is 244 g/mol. The lowest BCUT2D eigenvalue weighted by atomic mass is 9.70. The largest absolute Gasteiger partial charge is 0.481 e. The van der Waals surface area contributed by atoms with Crippen LogP contribution < -0.4 is 0 Å². The van der Waals surface area contributed by atoms with E-state index in [0.29, 0.717) is 17.6 Å². The first-order chi connectivity index (χ1) is 8.82. The molecule has 0 fully saturated rings. The van der Waals surface area contributed by atoms with Crippen molar-refractivity contribution in [3.05, 3.63) is 34.9 Å². The summed E-state index contributed by atoms with van der Waals surface area (Å²) in [6.45, 7) is 5.07. The van der Waals surface area contributed by atoms with Gasteiger partial charge in [0.1, 0.15) is 0 Å². The van der Waals surface area contributed by atoms with Gasteiger partial charge in [-0.3, -0.25) is 9.59 Å². The zero-order chi connectivity index (χ0) is 14.6. The fourth-order valence-electron chi connectivity index (χ4n) is 2.21. The molecule has 0 aromatic rings. The van der Waals surface area contributed by atoms with Crippen molar-refractivity contribution in [2.24, 2.45) is 5.41 Å². The summed E-state index contributed by atoms with van der Waals surface area (Å²) in [4.78, 5) is 23.2. The molecule has 0 saturated carbocycles. The summed E-state index contributed by atoms with van der Waals surface area (Å²) in [5.74, 6) is -0.912. The normalized spacial score (nSPS) is 25.3. The number of Topliss-reactive ketones (excluding diaryl/α,β-unsaturated/α-hetero) is 1.